The Morgan fingerprint density at radius 3 is 2.85 bits per heavy atom. The van der Waals surface area contributed by atoms with Crippen molar-refractivity contribution in [2.24, 2.45) is 5.92 Å². The van der Waals surface area contributed by atoms with Gasteiger partial charge in [0.05, 0.1) is 0 Å². The normalized spacial score (nSPS) is 19.9. The Morgan fingerprint density at radius 2 is 2.25 bits per heavy atom. The molecule has 2 rings (SSSR count). The number of hydrogen-bond donors (Lipinski definition) is 3. The number of hydrogen-bond acceptors (Lipinski definition) is 4. The van der Waals surface area contributed by atoms with E-state index in [0.717, 1.165) is 25.3 Å². The van der Waals surface area contributed by atoms with Gasteiger partial charge in [-0.1, -0.05) is 20.8 Å². The van der Waals surface area contributed by atoms with Gasteiger partial charge in [0.15, 0.2) is 0 Å². The van der Waals surface area contributed by atoms with E-state index in [1.165, 1.54) is 12.8 Å². The fourth-order valence-electron chi connectivity index (χ4n) is 2.34. The van der Waals surface area contributed by atoms with Gasteiger partial charge >= 0.3 is 0 Å². The first kappa shape index (κ1) is 15.0. The topological polar surface area (TPSA) is 82.7 Å². The van der Waals surface area contributed by atoms with E-state index in [2.05, 4.69) is 25.8 Å². The maximum absolute atomic E-state index is 12.0. The van der Waals surface area contributed by atoms with Crippen LogP contribution >= 0.6 is 0 Å². The van der Waals surface area contributed by atoms with Crippen LogP contribution in [0.2, 0.25) is 0 Å². The van der Waals surface area contributed by atoms with Crippen LogP contribution in [0.4, 0.5) is 0 Å². The maximum Gasteiger partial charge on any atom is 0.290 e. The van der Waals surface area contributed by atoms with E-state index in [1.54, 1.807) is 0 Å². The summed E-state index contributed by atoms with van der Waals surface area (Å²) in [6.45, 7) is 8.96. The second-order valence-corrected chi connectivity index (χ2v) is 6.51. The molecule has 0 aromatic carbocycles. The summed E-state index contributed by atoms with van der Waals surface area (Å²) in [6.07, 6.45) is 3.49. The molecule has 1 aliphatic rings. The van der Waals surface area contributed by atoms with E-state index in [1.807, 2.05) is 20.8 Å². The van der Waals surface area contributed by atoms with Crippen LogP contribution in [0, 0.1) is 5.92 Å². The predicted octanol–water partition coefficient (Wildman–Crippen LogP) is 1.22. The molecule has 0 aliphatic carbocycles. The van der Waals surface area contributed by atoms with Crippen LogP contribution in [0.5, 0.6) is 0 Å². The smallest absolute Gasteiger partial charge is 0.290 e. The average molecular weight is 279 g/mol. The van der Waals surface area contributed by atoms with Gasteiger partial charge < -0.3 is 10.6 Å². The molecule has 1 saturated heterocycles. The molecule has 1 amide bonds. The van der Waals surface area contributed by atoms with Gasteiger partial charge in [0.25, 0.3) is 5.91 Å². The van der Waals surface area contributed by atoms with Gasteiger partial charge in [-0.05, 0) is 38.3 Å². The van der Waals surface area contributed by atoms with Gasteiger partial charge in [0.1, 0.15) is 5.82 Å². The molecule has 1 unspecified atom stereocenters. The number of nitrogens with zero attached hydrogens (tertiary/aromatic N) is 2. The zero-order chi connectivity index (χ0) is 14.6. The molecule has 3 N–H and O–H groups in total. The molecule has 112 valence electrons. The molecule has 1 fully saturated rings. The summed E-state index contributed by atoms with van der Waals surface area (Å²) in [5, 5.41) is 13.1. The second-order valence-electron chi connectivity index (χ2n) is 6.51. The van der Waals surface area contributed by atoms with Gasteiger partial charge in [-0.15, -0.1) is 5.10 Å². The second kappa shape index (κ2) is 6.35. The fraction of sp³-hybridized carbons (Fsp3) is 0.786. The van der Waals surface area contributed by atoms with Crippen molar-refractivity contribution in [2.45, 2.75) is 45.4 Å². The molecular formula is C14H25N5O. The Kier molecular flexibility index (Phi) is 4.75. The standard InChI is InChI=1S/C14H25N5O/c1-14(2,3)13-17-11(18-19-13)12(20)16-8-6-10-5-4-7-15-9-10/h10,15H,4-9H2,1-3H3,(H,16,20)(H,17,18,19). The van der Waals surface area contributed by atoms with E-state index < -0.39 is 0 Å². The molecule has 1 aromatic heterocycles. The summed E-state index contributed by atoms with van der Waals surface area (Å²) in [7, 11) is 0. The molecule has 20 heavy (non-hydrogen) atoms. The zero-order valence-electron chi connectivity index (χ0n) is 12.6. The van der Waals surface area contributed by atoms with Gasteiger partial charge in [0.2, 0.25) is 5.82 Å². The average Bonchev–Trinajstić information content (AvgIpc) is 2.89. The van der Waals surface area contributed by atoms with E-state index in [0.29, 0.717) is 12.5 Å². The number of piperidine rings is 1. The Morgan fingerprint density at radius 1 is 1.45 bits per heavy atom. The minimum absolute atomic E-state index is 0.126. The fourth-order valence-corrected chi connectivity index (χ4v) is 2.34. The molecule has 0 radical (unpaired) electrons. The van der Waals surface area contributed by atoms with Crippen LogP contribution in [0.3, 0.4) is 0 Å². The minimum Gasteiger partial charge on any atom is -0.349 e. The molecule has 6 heteroatoms. The summed E-state index contributed by atoms with van der Waals surface area (Å²) in [4.78, 5) is 16.2. The largest absolute Gasteiger partial charge is 0.349 e. The number of carbonyl (C=O) groups excluding carboxylic acids is 1. The van der Waals surface area contributed by atoms with Crippen molar-refractivity contribution >= 4 is 5.91 Å². The number of aromatic amines is 1. The first-order valence-electron chi connectivity index (χ1n) is 7.38. The van der Waals surface area contributed by atoms with Crippen LogP contribution < -0.4 is 10.6 Å². The van der Waals surface area contributed by atoms with E-state index in [4.69, 9.17) is 0 Å². The molecule has 2 heterocycles. The number of H-pyrrole nitrogens is 1. The van der Waals surface area contributed by atoms with Gasteiger partial charge in [-0.25, -0.2) is 4.98 Å². The number of amides is 1. The summed E-state index contributed by atoms with van der Waals surface area (Å²) >= 11 is 0. The van der Waals surface area contributed by atoms with Crippen molar-refractivity contribution in [3.63, 3.8) is 0 Å². The van der Waals surface area contributed by atoms with E-state index in [-0.39, 0.29) is 17.1 Å². The summed E-state index contributed by atoms with van der Waals surface area (Å²) in [5.41, 5.74) is -0.126. The number of rotatable bonds is 4. The van der Waals surface area contributed by atoms with Crippen LogP contribution in [0.25, 0.3) is 0 Å². The van der Waals surface area contributed by atoms with Crippen molar-refractivity contribution in [3.05, 3.63) is 11.6 Å². The first-order chi connectivity index (χ1) is 9.47. The summed E-state index contributed by atoms with van der Waals surface area (Å²) in [5.74, 6) is 1.44. The van der Waals surface area contributed by atoms with Gasteiger partial charge in [-0.2, -0.15) is 0 Å². The molecule has 1 atom stereocenters. The van der Waals surface area contributed by atoms with E-state index >= 15 is 0 Å². The predicted molar refractivity (Wildman–Crippen MR) is 77.6 cm³/mol. The van der Waals surface area contributed by atoms with Crippen molar-refractivity contribution in [2.75, 3.05) is 19.6 Å². The first-order valence-corrected chi connectivity index (χ1v) is 7.38. The molecule has 0 bridgehead atoms. The van der Waals surface area contributed by atoms with Crippen molar-refractivity contribution in [3.8, 4) is 0 Å². The lowest BCUT2D eigenvalue weighted by atomic mass is 9.96. The molecule has 1 aromatic rings. The Bertz CT molecular complexity index is 443. The van der Waals surface area contributed by atoms with Crippen molar-refractivity contribution < 1.29 is 4.79 Å². The summed E-state index contributed by atoms with van der Waals surface area (Å²) < 4.78 is 0. The minimum atomic E-state index is -0.194. The highest BCUT2D eigenvalue weighted by Gasteiger charge is 2.21. The molecule has 1 aliphatic heterocycles. The monoisotopic (exact) mass is 279 g/mol. The van der Waals surface area contributed by atoms with E-state index in [9.17, 15) is 4.79 Å². The lowest BCUT2D eigenvalue weighted by Gasteiger charge is -2.22. The third-order valence-electron chi connectivity index (χ3n) is 3.64. The Balaban J connectivity index is 1.78. The number of carbonyl (C=O) groups is 1. The van der Waals surface area contributed by atoms with Crippen molar-refractivity contribution in [1.29, 1.82) is 0 Å². The zero-order valence-corrected chi connectivity index (χ0v) is 12.6. The number of aromatic nitrogens is 3. The van der Waals surface area contributed by atoms with Gasteiger partial charge in [-0.3, -0.25) is 9.89 Å². The Hall–Kier alpha value is -1.43. The van der Waals surface area contributed by atoms with Crippen LogP contribution in [0.15, 0.2) is 0 Å². The van der Waals surface area contributed by atoms with Crippen LogP contribution in [-0.4, -0.2) is 40.7 Å². The van der Waals surface area contributed by atoms with Crippen molar-refractivity contribution in [1.82, 2.24) is 25.8 Å². The third-order valence-corrected chi connectivity index (χ3v) is 3.64. The SMILES string of the molecule is CC(C)(C)c1nc(C(=O)NCCC2CCCNC2)n[nH]1. The molecule has 6 nitrogen and oxygen atoms in total. The third kappa shape index (κ3) is 4.03. The van der Waals surface area contributed by atoms with Crippen LogP contribution in [-0.2, 0) is 5.41 Å². The molecular weight excluding hydrogens is 254 g/mol. The Labute approximate surface area is 120 Å². The molecule has 0 saturated carbocycles. The van der Waals surface area contributed by atoms with Crippen LogP contribution in [0.1, 0.15) is 56.5 Å². The maximum atomic E-state index is 12.0. The lowest BCUT2D eigenvalue weighted by Crippen LogP contribution is -2.33. The summed E-state index contributed by atoms with van der Waals surface area (Å²) in [6, 6.07) is 0. The highest BCUT2D eigenvalue weighted by molar-refractivity contribution is 5.90. The van der Waals surface area contributed by atoms with Gasteiger partial charge in [0, 0.05) is 12.0 Å². The highest BCUT2D eigenvalue weighted by Crippen LogP contribution is 2.17. The lowest BCUT2D eigenvalue weighted by molar-refractivity contribution is 0.0940. The quantitative estimate of drug-likeness (QED) is 0.774. The number of nitrogens with one attached hydrogen (secondary N) is 3. The molecule has 0 spiro atoms. The highest BCUT2D eigenvalue weighted by atomic mass is 16.2.